The Morgan fingerprint density at radius 1 is 1.11 bits per heavy atom. The number of aromatic nitrogens is 1. The zero-order valence-corrected chi connectivity index (χ0v) is 17.1. The van der Waals surface area contributed by atoms with E-state index in [2.05, 4.69) is 10.3 Å². The van der Waals surface area contributed by atoms with Gasteiger partial charge < -0.3 is 4.74 Å². The van der Waals surface area contributed by atoms with Crippen LogP contribution in [0.3, 0.4) is 0 Å². The van der Waals surface area contributed by atoms with Crippen molar-refractivity contribution in [1.29, 1.82) is 0 Å². The second-order valence-corrected chi connectivity index (χ2v) is 8.84. The van der Waals surface area contributed by atoms with Gasteiger partial charge in [-0.05, 0) is 31.5 Å². The molecule has 0 unspecified atom stereocenters. The Balaban J connectivity index is 1.84. The first-order chi connectivity index (χ1) is 13.3. The van der Waals surface area contributed by atoms with Crippen molar-refractivity contribution in [2.75, 3.05) is 12.4 Å². The number of urea groups is 1. The normalized spacial score (nSPS) is 11.1. The van der Waals surface area contributed by atoms with E-state index in [-0.39, 0.29) is 10.6 Å². The van der Waals surface area contributed by atoms with Gasteiger partial charge in [-0.25, -0.2) is 22.9 Å². The van der Waals surface area contributed by atoms with Crippen molar-refractivity contribution in [1.82, 2.24) is 9.71 Å². The maximum absolute atomic E-state index is 12.6. The quantitative estimate of drug-likeness (QED) is 0.655. The van der Waals surface area contributed by atoms with Crippen LogP contribution in [0.25, 0.3) is 11.3 Å². The first-order valence-electron chi connectivity index (χ1n) is 8.31. The lowest BCUT2D eigenvalue weighted by atomic mass is 10.2. The number of aryl methyl sites for hydroxylation is 2. The number of carbonyl (C=O) groups excluding carboxylic acids is 1. The van der Waals surface area contributed by atoms with E-state index >= 15 is 0 Å². The number of nitrogens with zero attached hydrogens (tertiary/aromatic N) is 1. The van der Waals surface area contributed by atoms with Crippen molar-refractivity contribution >= 4 is 32.4 Å². The van der Waals surface area contributed by atoms with E-state index in [4.69, 9.17) is 4.74 Å². The molecule has 0 saturated heterocycles. The number of nitrogens with one attached hydrogen (secondary N) is 2. The molecule has 3 aromatic rings. The van der Waals surface area contributed by atoms with E-state index in [1.807, 2.05) is 48.9 Å². The Hall–Kier alpha value is -2.91. The highest BCUT2D eigenvalue weighted by Crippen LogP contribution is 2.33. The van der Waals surface area contributed by atoms with Crippen molar-refractivity contribution in [2.24, 2.45) is 0 Å². The summed E-state index contributed by atoms with van der Waals surface area (Å²) in [6.45, 7) is 3.63. The van der Waals surface area contributed by atoms with E-state index in [1.165, 1.54) is 24.5 Å². The van der Waals surface area contributed by atoms with Crippen LogP contribution in [0.5, 0.6) is 5.75 Å². The van der Waals surface area contributed by atoms with Crippen LogP contribution in [0.15, 0.2) is 53.4 Å². The van der Waals surface area contributed by atoms with Crippen LogP contribution in [-0.4, -0.2) is 26.5 Å². The molecule has 0 radical (unpaired) electrons. The van der Waals surface area contributed by atoms with Gasteiger partial charge in [0.05, 0.1) is 12.1 Å². The van der Waals surface area contributed by atoms with E-state index in [0.29, 0.717) is 10.7 Å². The molecule has 7 nitrogen and oxygen atoms in total. The van der Waals surface area contributed by atoms with Crippen LogP contribution in [0.2, 0.25) is 0 Å². The molecule has 0 bridgehead atoms. The predicted octanol–water partition coefficient (Wildman–Crippen LogP) is 3.95. The number of rotatable bonds is 5. The van der Waals surface area contributed by atoms with Crippen molar-refractivity contribution in [3.8, 4) is 17.0 Å². The molecule has 2 amide bonds. The minimum absolute atomic E-state index is 0.112. The molecule has 0 aliphatic rings. The van der Waals surface area contributed by atoms with Gasteiger partial charge in [0.15, 0.2) is 0 Å². The Morgan fingerprint density at radius 2 is 1.82 bits per heavy atom. The molecule has 2 N–H and O–H groups in total. The lowest BCUT2D eigenvalue weighted by molar-refractivity contribution is 0.256. The van der Waals surface area contributed by atoms with Gasteiger partial charge in [-0.2, -0.15) is 0 Å². The van der Waals surface area contributed by atoms with Gasteiger partial charge in [0, 0.05) is 5.56 Å². The Bertz CT molecular complexity index is 1110. The topological polar surface area (TPSA) is 97.4 Å². The zero-order chi connectivity index (χ0) is 20.3. The molecule has 1 aromatic heterocycles. The van der Waals surface area contributed by atoms with Gasteiger partial charge in [0.25, 0.3) is 10.0 Å². The molecule has 1 heterocycles. The summed E-state index contributed by atoms with van der Waals surface area (Å²) in [6.07, 6.45) is 0. The Kier molecular flexibility index (Phi) is 5.66. The molecule has 2 aromatic carbocycles. The lowest BCUT2D eigenvalue weighted by Gasteiger charge is -2.12. The fourth-order valence-corrected chi connectivity index (χ4v) is 4.50. The van der Waals surface area contributed by atoms with Gasteiger partial charge in [-0.15, -0.1) is 11.3 Å². The fourth-order valence-electron chi connectivity index (χ4n) is 2.61. The molecule has 9 heteroatoms. The van der Waals surface area contributed by atoms with E-state index in [0.717, 1.165) is 16.1 Å². The number of sulfonamides is 1. The lowest BCUT2D eigenvalue weighted by Crippen LogP contribution is -2.34. The number of anilines is 1. The van der Waals surface area contributed by atoms with Crippen LogP contribution < -0.4 is 14.8 Å². The third-order valence-corrected chi connectivity index (χ3v) is 6.10. The number of benzene rings is 2. The fraction of sp³-hybridized carbons (Fsp3) is 0.158. The van der Waals surface area contributed by atoms with Crippen LogP contribution in [-0.2, 0) is 10.0 Å². The standard InChI is InChI=1S/C19H19N3O4S2/c1-12-9-10-16(15(11-12)26-3)28(24,25)22-19(23)21-18-17(20-13(2)27-18)14-7-5-4-6-8-14/h4-11H,1-3H3,(H2,21,22,23). The summed E-state index contributed by atoms with van der Waals surface area (Å²) in [6, 6.07) is 13.1. The minimum atomic E-state index is -4.11. The monoisotopic (exact) mass is 417 g/mol. The summed E-state index contributed by atoms with van der Waals surface area (Å²) in [5.41, 5.74) is 2.25. The Morgan fingerprint density at radius 3 is 2.50 bits per heavy atom. The van der Waals surface area contributed by atoms with Crippen LogP contribution >= 0.6 is 11.3 Å². The van der Waals surface area contributed by atoms with E-state index in [9.17, 15) is 13.2 Å². The predicted molar refractivity (Wildman–Crippen MR) is 109 cm³/mol. The minimum Gasteiger partial charge on any atom is -0.495 e. The summed E-state index contributed by atoms with van der Waals surface area (Å²) in [7, 11) is -2.74. The van der Waals surface area contributed by atoms with Crippen molar-refractivity contribution in [3.05, 3.63) is 59.1 Å². The van der Waals surface area contributed by atoms with Gasteiger partial charge in [-0.3, -0.25) is 5.32 Å². The van der Waals surface area contributed by atoms with Gasteiger partial charge in [0.2, 0.25) is 0 Å². The smallest absolute Gasteiger partial charge is 0.333 e. The summed E-state index contributed by atoms with van der Waals surface area (Å²) >= 11 is 1.27. The average Bonchev–Trinajstić information content (AvgIpc) is 3.01. The number of methoxy groups -OCH3 is 1. The van der Waals surface area contributed by atoms with Crippen LogP contribution in [0, 0.1) is 13.8 Å². The number of ether oxygens (including phenoxy) is 1. The molecular formula is C19H19N3O4S2. The molecular weight excluding hydrogens is 398 g/mol. The van der Waals surface area contributed by atoms with Gasteiger partial charge in [0.1, 0.15) is 21.3 Å². The molecule has 146 valence electrons. The SMILES string of the molecule is COc1cc(C)ccc1S(=O)(=O)NC(=O)Nc1sc(C)nc1-c1ccccc1. The third kappa shape index (κ3) is 4.32. The van der Waals surface area contributed by atoms with Crippen LogP contribution in [0.1, 0.15) is 10.6 Å². The zero-order valence-electron chi connectivity index (χ0n) is 15.5. The highest BCUT2D eigenvalue weighted by atomic mass is 32.2. The highest BCUT2D eigenvalue weighted by Gasteiger charge is 2.23. The molecule has 0 spiro atoms. The van der Waals surface area contributed by atoms with Crippen molar-refractivity contribution < 1.29 is 17.9 Å². The Labute approximate surface area is 167 Å². The summed E-state index contributed by atoms with van der Waals surface area (Å²) in [4.78, 5) is 16.7. The number of carbonyl (C=O) groups is 1. The maximum Gasteiger partial charge on any atom is 0.333 e. The molecule has 0 aliphatic heterocycles. The molecule has 0 saturated carbocycles. The van der Waals surface area contributed by atoms with Gasteiger partial charge >= 0.3 is 6.03 Å². The number of hydrogen-bond donors (Lipinski definition) is 2. The highest BCUT2D eigenvalue weighted by molar-refractivity contribution is 7.90. The molecule has 3 rings (SSSR count). The largest absolute Gasteiger partial charge is 0.495 e. The van der Waals surface area contributed by atoms with Crippen LogP contribution in [0.4, 0.5) is 9.80 Å². The number of thiazole rings is 1. The van der Waals surface area contributed by atoms with Gasteiger partial charge in [-0.1, -0.05) is 36.4 Å². The second kappa shape index (κ2) is 7.99. The third-order valence-electron chi connectivity index (χ3n) is 3.84. The molecule has 28 heavy (non-hydrogen) atoms. The second-order valence-electron chi connectivity index (χ2n) is 5.99. The molecule has 0 atom stereocenters. The number of amides is 2. The summed E-state index contributed by atoms with van der Waals surface area (Å²) in [5, 5.41) is 3.80. The van der Waals surface area contributed by atoms with Crippen molar-refractivity contribution in [2.45, 2.75) is 18.7 Å². The summed E-state index contributed by atoms with van der Waals surface area (Å²) in [5.74, 6) is 0.166. The average molecular weight is 418 g/mol. The summed E-state index contributed by atoms with van der Waals surface area (Å²) < 4.78 is 32.4. The molecule has 0 aliphatic carbocycles. The molecule has 0 fully saturated rings. The van der Waals surface area contributed by atoms with E-state index in [1.54, 1.807) is 12.1 Å². The number of hydrogen-bond acceptors (Lipinski definition) is 6. The van der Waals surface area contributed by atoms with Crippen molar-refractivity contribution in [3.63, 3.8) is 0 Å². The maximum atomic E-state index is 12.6. The van der Waals surface area contributed by atoms with E-state index < -0.39 is 16.1 Å². The first kappa shape index (κ1) is 19.8. The first-order valence-corrected chi connectivity index (χ1v) is 10.6.